The molecule has 0 unspecified atom stereocenters. The molecular formula is C11H11BrO5. The van der Waals surface area contributed by atoms with Crippen molar-refractivity contribution < 1.29 is 24.2 Å². The first-order valence-electron chi connectivity index (χ1n) is 4.71. The van der Waals surface area contributed by atoms with E-state index in [-0.39, 0.29) is 5.75 Å². The summed E-state index contributed by atoms with van der Waals surface area (Å²) < 4.78 is 10.7. The highest BCUT2D eigenvalue weighted by atomic mass is 79.9. The highest BCUT2D eigenvalue weighted by Crippen LogP contribution is 2.36. The van der Waals surface area contributed by atoms with Gasteiger partial charge in [0, 0.05) is 5.56 Å². The lowest BCUT2D eigenvalue weighted by atomic mass is 10.2. The van der Waals surface area contributed by atoms with E-state index in [1.165, 1.54) is 26.2 Å². The number of hydrogen-bond donors (Lipinski definition) is 1. The zero-order valence-electron chi connectivity index (χ0n) is 9.27. The molecule has 0 aliphatic carbocycles. The van der Waals surface area contributed by atoms with Gasteiger partial charge in [0.15, 0.2) is 17.6 Å². The number of hydrogen-bond acceptors (Lipinski definition) is 4. The van der Waals surface area contributed by atoms with E-state index >= 15 is 0 Å². The lowest BCUT2D eigenvalue weighted by Crippen LogP contribution is -2.23. The van der Waals surface area contributed by atoms with Gasteiger partial charge in [-0.1, -0.05) is 0 Å². The second-order valence-corrected chi connectivity index (χ2v) is 4.10. The summed E-state index contributed by atoms with van der Waals surface area (Å²) in [5, 5.41) is 8.76. The summed E-state index contributed by atoms with van der Waals surface area (Å²) in [5.41, 5.74) is 0.407. The van der Waals surface area contributed by atoms with E-state index in [2.05, 4.69) is 15.9 Å². The highest BCUT2D eigenvalue weighted by molar-refractivity contribution is 9.10. The largest absolute Gasteiger partial charge is 0.493 e. The summed E-state index contributed by atoms with van der Waals surface area (Å²) in [5.74, 6) is -0.527. The van der Waals surface area contributed by atoms with Crippen LogP contribution in [-0.4, -0.2) is 30.6 Å². The van der Waals surface area contributed by atoms with Crippen LogP contribution in [0, 0.1) is 0 Å². The van der Waals surface area contributed by atoms with E-state index in [0.29, 0.717) is 22.1 Å². The fourth-order valence-corrected chi connectivity index (χ4v) is 1.70. The fourth-order valence-electron chi connectivity index (χ4n) is 1.15. The predicted octanol–water partition coefficient (Wildman–Crippen LogP) is 2.12. The number of aldehydes is 1. The molecule has 0 spiro atoms. The summed E-state index contributed by atoms with van der Waals surface area (Å²) in [6.07, 6.45) is -0.347. The number of benzene rings is 1. The quantitative estimate of drug-likeness (QED) is 0.844. The third-order valence-corrected chi connectivity index (χ3v) is 2.62. The molecule has 1 N–H and O–H groups in total. The number of methoxy groups -OCH3 is 1. The number of rotatable bonds is 5. The number of ether oxygens (including phenoxy) is 2. The summed E-state index contributed by atoms with van der Waals surface area (Å²) in [6.45, 7) is 1.40. The van der Waals surface area contributed by atoms with Crippen molar-refractivity contribution in [1.82, 2.24) is 0 Å². The second kappa shape index (κ2) is 5.67. The Balaban J connectivity index is 3.13. The molecule has 1 atom stereocenters. The average molecular weight is 303 g/mol. The van der Waals surface area contributed by atoms with Gasteiger partial charge in [0.25, 0.3) is 0 Å². The van der Waals surface area contributed by atoms with Gasteiger partial charge in [-0.05, 0) is 35.0 Å². The lowest BCUT2D eigenvalue weighted by Gasteiger charge is -2.15. The van der Waals surface area contributed by atoms with Crippen LogP contribution in [0.4, 0.5) is 0 Å². The van der Waals surface area contributed by atoms with Gasteiger partial charge in [0.05, 0.1) is 11.6 Å². The number of carboxylic acids is 1. The summed E-state index contributed by atoms with van der Waals surface area (Å²) >= 11 is 3.20. The van der Waals surface area contributed by atoms with Crippen molar-refractivity contribution in [3.05, 3.63) is 22.2 Å². The molecule has 0 aliphatic rings. The molecule has 0 amide bonds. The van der Waals surface area contributed by atoms with E-state index in [4.69, 9.17) is 14.6 Å². The van der Waals surface area contributed by atoms with Crippen molar-refractivity contribution in [2.45, 2.75) is 13.0 Å². The van der Waals surface area contributed by atoms with Gasteiger partial charge in [0.1, 0.15) is 6.29 Å². The van der Waals surface area contributed by atoms with Crippen molar-refractivity contribution >= 4 is 28.2 Å². The Bertz CT molecular complexity index is 444. The minimum absolute atomic E-state index is 0.257. The predicted molar refractivity (Wildman–Crippen MR) is 63.8 cm³/mol. The molecule has 1 aromatic carbocycles. The van der Waals surface area contributed by atoms with E-state index in [1.807, 2.05) is 0 Å². The smallest absolute Gasteiger partial charge is 0.344 e. The van der Waals surface area contributed by atoms with Gasteiger partial charge >= 0.3 is 5.97 Å². The number of carboxylic acid groups (broad SMARTS) is 1. The Morgan fingerprint density at radius 2 is 2.18 bits per heavy atom. The Kier molecular flexibility index (Phi) is 4.51. The molecule has 0 aromatic heterocycles. The van der Waals surface area contributed by atoms with Gasteiger partial charge in [0.2, 0.25) is 0 Å². The van der Waals surface area contributed by atoms with E-state index in [0.717, 1.165) is 0 Å². The summed E-state index contributed by atoms with van der Waals surface area (Å²) in [4.78, 5) is 21.4. The second-order valence-electron chi connectivity index (χ2n) is 3.25. The zero-order chi connectivity index (χ0) is 13.0. The third-order valence-electron chi connectivity index (χ3n) is 2.03. The lowest BCUT2D eigenvalue weighted by molar-refractivity contribution is -0.144. The van der Waals surface area contributed by atoms with Crippen molar-refractivity contribution in [3.63, 3.8) is 0 Å². The molecule has 17 heavy (non-hydrogen) atoms. The maximum absolute atomic E-state index is 10.7. The van der Waals surface area contributed by atoms with Crippen LogP contribution in [0.3, 0.4) is 0 Å². The Morgan fingerprint density at radius 1 is 1.53 bits per heavy atom. The van der Waals surface area contributed by atoms with Crippen molar-refractivity contribution in [1.29, 1.82) is 0 Å². The van der Waals surface area contributed by atoms with Gasteiger partial charge in [-0.2, -0.15) is 0 Å². The van der Waals surface area contributed by atoms with Crippen LogP contribution < -0.4 is 9.47 Å². The summed E-state index contributed by atoms with van der Waals surface area (Å²) in [7, 11) is 1.41. The maximum atomic E-state index is 10.7. The molecule has 0 aliphatic heterocycles. The molecule has 5 nitrogen and oxygen atoms in total. The molecule has 92 valence electrons. The average Bonchev–Trinajstić information content (AvgIpc) is 2.30. The van der Waals surface area contributed by atoms with Gasteiger partial charge < -0.3 is 14.6 Å². The molecule has 0 heterocycles. The molecule has 0 radical (unpaired) electrons. The topological polar surface area (TPSA) is 72.8 Å². The summed E-state index contributed by atoms with van der Waals surface area (Å²) in [6, 6.07) is 3.00. The number of halogens is 1. The van der Waals surface area contributed by atoms with Crippen LogP contribution in [0.15, 0.2) is 16.6 Å². The van der Waals surface area contributed by atoms with Crippen LogP contribution >= 0.6 is 15.9 Å². The molecule has 0 saturated carbocycles. The molecule has 0 bridgehead atoms. The van der Waals surface area contributed by atoms with Crippen molar-refractivity contribution in [3.8, 4) is 11.5 Å². The molecular weight excluding hydrogens is 292 g/mol. The van der Waals surface area contributed by atoms with Crippen LogP contribution in [0.25, 0.3) is 0 Å². The molecule has 6 heteroatoms. The Labute approximate surface area is 106 Å². The molecule has 1 rings (SSSR count). The minimum Gasteiger partial charge on any atom is -0.493 e. The maximum Gasteiger partial charge on any atom is 0.344 e. The number of carbonyl (C=O) groups excluding carboxylic acids is 1. The molecule has 0 saturated heterocycles. The molecule has 0 fully saturated rings. The Morgan fingerprint density at radius 3 is 2.65 bits per heavy atom. The van der Waals surface area contributed by atoms with Gasteiger partial charge in [-0.15, -0.1) is 0 Å². The van der Waals surface area contributed by atoms with Gasteiger partial charge in [-0.25, -0.2) is 4.79 Å². The van der Waals surface area contributed by atoms with Crippen LogP contribution in [0.1, 0.15) is 17.3 Å². The van der Waals surface area contributed by atoms with Gasteiger partial charge in [-0.3, -0.25) is 4.79 Å². The van der Waals surface area contributed by atoms with Crippen LogP contribution in [0.5, 0.6) is 11.5 Å². The van der Waals surface area contributed by atoms with Crippen LogP contribution in [0.2, 0.25) is 0 Å². The third kappa shape index (κ3) is 3.20. The monoisotopic (exact) mass is 302 g/mol. The van der Waals surface area contributed by atoms with Crippen LogP contribution in [-0.2, 0) is 4.79 Å². The van der Waals surface area contributed by atoms with Crippen molar-refractivity contribution in [2.24, 2.45) is 0 Å². The van der Waals surface area contributed by atoms with Crippen molar-refractivity contribution in [2.75, 3.05) is 7.11 Å². The molecule has 1 aromatic rings. The normalized spacial score (nSPS) is 11.7. The number of aliphatic carboxylic acids is 1. The van der Waals surface area contributed by atoms with E-state index in [9.17, 15) is 9.59 Å². The van der Waals surface area contributed by atoms with E-state index < -0.39 is 12.1 Å². The first kappa shape index (κ1) is 13.5. The number of carbonyl (C=O) groups is 2. The highest BCUT2D eigenvalue weighted by Gasteiger charge is 2.18. The zero-order valence-corrected chi connectivity index (χ0v) is 10.9. The minimum atomic E-state index is -1.08. The first-order valence-corrected chi connectivity index (χ1v) is 5.51. The first-order chi connectivity index (χ1) is 7.99. The SMILES string of the molecule is COc1cc(C=O)cc(Br)c1O[C@H](C)C(=O)O. The standard InChI is InChI=1S/C11H11BrO5/c1-6(11(14)15)17-10-8(12)3-7(5-13)4-9(10)16-2/h3-6H,1-2H3,(H,14,15)/t6-/m1/s1. The Hall–Kier alpha value is -1.56. The fraction of sp³-hybridized carbons (Fsp3) is 0.273. The van der Waals surface area contributed by atoms with E-state index in [1.54, 1.807) is 0 Å².